The van der Waals surface area contributed by atoms with E-state index in [2.05, 4.69) is 10.6 Å². The lowest BCUT2D eigenvalue weighted by Gasteiger charge is -2.24. The molecule has 2 N–H and O–H groups in total. The second-order valence-corrected chi connectivity index (χ2v) is 5.56. The first-order chi connectivity index (χ1) is 9.65. The van der Waals surface area contributed by atoms with E-state index in [0.717, 1.165) is 31.7 Å². The molecule has 0 radical (unpaired) electrons. The number of piperidine rings is 1. The number of hydrogen-bond donors (Lipinski definition) is 2. The van der Waals surface area contributed by atoms with Crippen LogP contribution in [0.3, 0.4) is 0 Å². The minimum atomic E-state index is 0.0258. The molecule has 1 aliphatic rings. The molecule has 1 amide bonds. The Balaban J connectivity index is 1.74. The maximum Gasteiger partial charge on any atom is 0.223 e. The lowest BCUT2D eigenvalue weighted by atomic mass is 9.97. The molecular formula is C16H24N2O2. The highest BCUT2D eigenvalue weighted by Gasteiger charge is 2.21. The molecule has 1 heterocycles. The number of rotatable bonds is 5. The number of benzene rings is 1. The zero-order chi connectivity index (χ0) is 14.4. The van der Waals surface area contributed by atoms with Gasteiger partial charge in [-0.25, -0.2) is 0 Å². The van der Waals surface area contributed by atoms with Crippen LogP contribution in [0.25, 0.3) is 0 Å². The van der Waals surface area contributed by atoms with E-state index in [-0.39, 0.29) is 17.9 Å². The van der Waals surface area contributed by atoms with Gasteiger partial charge < -0.3 is 15.4 Å². The quantitative estimate of drug-likeness (QED) is 0.863. The molecule has 0 aliphatic carbocycles. The summed E-state index contributed by atoms with van der Waals surface area (Å²) in [5, 5.41) is 6.31. The fourth-order valence-corrected chi connectivity index (χ4v) is 2.41. The van der Waals surface area contributed by atoms with Crippen molar-refractivity contribution in [1.29, 1.82) is 0 Å². The van der Waals surface area contributed by atoms with Gasteiger partial charge >= 0.3 is 0 Å². The van der Waals surface area contributed by atoms with Gasteiger partial charge in [0.2, 0.25) is 5.91 Å². The molecule has 0 spiro atoms. The number of ether oxygens (including phenoxy) is 1. The molecule has 1 fully saturated rings. The topological polar surface area (TPSA) is 50.4 Å². The fraction of sp³-hybridized carbons (Fsp3) is 0.562. The van der Waals surface area contributed by atoms with Crippen LogP contribution in [0.5, 0.6) is 5.75 Å². The molecule has 20 heavy (non-hydrogen) atoms. The summed E-state index contributed by atoms with van der Waals surface area (Å²) in [4.78, 5) is 12.1. The number of nitrogens with one attached hydrogen (secondary N) is 2. The molecule has 0 saturated carbocycles. The highest BCUT2D eigenvalue weighted by atomic mass is 16.5. The van der Waals surface area contributed by atoms with Crippen LogP contribution in [-0.4, -0.2) is 31.6 Å². The van der Waals surface area contributed by atoms with Crippen LogP contribution in [0.15, 0.2) is 24.3 Å². The maximum atomic E-state index is 12.1. The molecule has 0 bridgehead atoms. The van der Waals surface area contributed by atoms with Crippen molar-refractivity contribution >= 4 is 5.91 Å². The zero-order valence-corrected chi connectivity index (χ0v) is 12.3. The first kappa shape index (κ1) is 14.9. The van der Waals surface area contributed by atoms with Crippen molar-refractivity contribution in [1.82, 2.24) is 10.6 Å². The van der Waals surface area contributed by atoms with Gasteiger partial charge in [0.25, 0.3) is 0 Å². The Morgan fingerprint density at radius 1 is 1.45 bits per heavy atom. The normalized spacial score (nSPS) is 17.5. The Morgan fingerprint density at radius 2 is 2.20 bits per heavy atom. The maximum absolute atomic E-state index is 12.1. The molecule has 1 unspecified atom stereocenters. The van der Waals surface area contributed by atoms with Gasteiger partial charge in [-0.3, -0.25) is 4.79 Å². The molecule has 0 aromatic heterocycles. The van der Waals surface area contributed by atoms with E-state index in [0.29, 0.717) is 6.61 Å². The van der Waals surface area contributed by atoms with Crippen molar-refractivity contribution in [2.45, 2.75) is 32.7 Å². The molecule has 1 aromatic rings. The van der Waals surface area contributed by atoms with Crippen LogP contribution in [-0.2, 0) is 4.79 Å². The minimum Gasteiger partial charge on any atom is -0.491 e. The standard InChI is InChI=1S/C16H24N2O2/c1-12-4-3-5-15(10-12)20-11-13(2)18-16(19)14-6-8-17-9-7-14/h3-5,10,13-14,17H,6-9,11H2,1-2H3,(H,18,19). The number of carbonyl (C=O) groups excluding carboxylic acids is 1. The Bertz CT molecular complexity index is 442. The molecule has 110 valence electrons. The molecule has 4 heteroatoms. The summed E-state index contributed by atoms with van der Waals surface area (Å²) in [6.45, 7) is 6.39. The van der Waals surface area contributed by atoms with Crippen molar-refractivity contribution in [3.8, 4) is 5.75 Å². The predicted octanol–water partition coefficient (Wildman–Crippen LogP) is 1.88. The summed E-state index contributed by atoms with van der Waals surface area (Å²) in [6.07, 6.45) is 1.86. The molecular weight excluding hydrogens is 252 g/mol. The van der Waals surface area contributed by atoms with E-state index in [1.807, 2.05) is 38.1 Å². The summed E-state index contributed by atoms with van der Waals surface area (Å²) in [7, 11) is 0. The van der Waals surface area contributed by atoms with E-state index >= 15 is 0 Å². The second-order valence-electron chi connectivity index (χ2n) is 5.56. The Kier molecular flexibility index (Phi) is 5.41. The minimum absolute atomic E-state index is 0.0258. The number of carbonyl (C=O) groups is 1. The summed E-state index contributed by atoms with van der Waals surface area (Å²) in [6, 6.07) is 7.98. The van der Waals surface area contributed by atoms with Gasteiger partial charge in [-0.1, -0.05) is 12.1 Å². The predicted molar refractivity (Wildman–Crippen MR) is 79.9 cm³/mol. The largest absolute Gasteiger partial charge is 0.491 e. The Labute approximate surface area is 120 Å². The smallest absolute Gasteiger partial charge is 0.223 e. The fourth-order valence-electron chi connectivity index (χ4n) is 2.41. The van der Waals surface area contributed by atoms with Gasteiger partial charge in [0.05, 0.1) is 6.04 Å². The van der Waals surface area contributed by atoms with Crippen molar-refractivity contribution < 1.29 is 9.53 Å². The highest BCUT2D eigenvalue weighted by molar-refractivity contribution is 5.79. The van der Waals surface area contributed by atoms with Crippen LogP contribution in [0.2, 0.25) is 0 Å². The van der Waals surface area contributed by atoms with Crippen LogP contribution >= 0.6 is 0 Å². The van der Waals surface area contributed by atoms with Crippen LogP contribution < -0.4 is 15.4 Å². The van der Waals surface area contributed by atoms with Gasteiger partial charge in [0.1, 0.15) is 12.4 Å². The van der Waals surface area contributed by atoms with Gasteiger partial charge in [-0.15, -0.1) is 0 Å². The lowest BCUT2D eigenvalue weighted by molar-refractivity contribution is -0.126. The second kappa shape index (κ2) is 7.29. The first-order valence-electron chi connectivity index (χ1n) is 7.35. The van der Waals surface area contributed by atoms with Crippen molar-refractivity contribution in [3.05, 3.63) is 29.8 Å². The Morgan fingerprint density at radius 3 is 2.90 bits per heavy atom. The van der Waals surface area contributed by atoms with Crippen LogP contribution in [0.1, 0.15) is 25.3 Å². The van der Waals surface area contributed by atoms with Gasteiger partial charge in [0, 0.05) is 5.92 Å². The lowest BCUT2D eigenvalue weighted by Crippen LogP contribution is -2.43. The average Bonchev–Trinajstić information content (AvgIpc) is 2.46. The van der Waals surface area contributed by atoms with E-state index in [9.17, 15) is 4.79 Å². The summed E-state index contributed by atoms with van der Waals surface area (Å²) < 4.78 is 5.71. The van der Waals surface area contributed by atoms with Gasteiger partial charge in [0.15, 0.2) is 0 Å². The number of hydrogen-bond acceptors (Lipinski definition) is 3. The third-order valence-electron chi connectivity index (χ3n) is 3.59. The summed E-state index contributed by atoms with van der Waals surface area (Å²) >= 11 is 0. The highest BCUT2D eigenvalue weighted by Crippen LogP contribution is 2.14. The summed E-state index contributed by atoms with van der Waals surface area (Å²) in [5.74, 6) is 1.16. The molecule has 4 nitrogen and oxygen atoms in total. The zero-order valence-electron chi connectivity index (χ0n) is 12.3. The summed E-state index contributed by atoms with van der Waals surface area (Å²) in [5.41, 5.74) is 1.17. The first-order valence-corrected chi connectivity index (χ1v) is 7.35. The molecule has 1 atom stereocenters. The molecule has 1 saturated heterocycles. The SMILES string of the molecule is Cc1cccc(OCC(C)NC(=O)C2CCNCC2)c1. The van der Waals surface area contributed by atoms with Crippen molar-refractivity contribution in [2.24, 2.45) is 5.92 Å². The van der Waals surface area contributed by atoms with E-state index < -0.39 is 0 Å². The average molecular weight is 276 g/mol. The molecule has 1 aromatic carbocycles. The van der Waals surface area contributed by atoms with Crippen molar-refractivity contribution in [2.75, 3.05) is 19.7 Å². The van der Waals surface area contributed by atoms with E-state index in [1.54, 1.807) is 0 Å². The molecule has 2 rings (SSSR count). The number of aryl methyl sites for hydroxylation is 1. The van der Waals surface area contributed by atoms with Crippen LogP contribution in [0, 0.1) is 12.8 Å². The van der Waals surface area contributed by atoms with Gasteiger partial charge in [-0.05, 0) is 57.5 Å². The monoisotopic (exact) mass is 276 g/mol. The molecule has 1 aliphatic heterocycles. The van der Waals surface area contributed by atoms with Crippen LogP contribution in [0.4, 0.5) is 0 Å². The Hall–Kier alpha value is -1.55. The van der Waals surface area contributed by atoms with Crippen molar-refractivity contribution in [3.63, 3.8) is 0 Å². The third kappa shape index (κ3) is 4.53. The third-order valence-corrected chi connectivity index (χ3v) is 3.59. The van der Waals surface area contributed by atoms with E-state index in [4.69, 9.17) is 4.74 Å². The van der Waals surface area contributed by atoms with E-state index in [1.165, 1.54) is 5.56 Å². The van der Waals surface area contributed by atoms with Gasteiger partial charge in [-0.2, -0.15) is 0 Å². The number of amides is 1.